The minimum Gasteiger partial charge on any atom is -0.490 e. The summed E-state index contributed by atoms with van der Waals surface area (Å²) in [7, 11) is 0. The molecule has 134 valence electrons. The molecule has 0 spiro atoms. The molecule has 3 aromatic rings. The molecule has 1 aromatic carbocycles. The number of piperazine rings is 1. The lowest BCUT2D eigenvalue weighted by Crippen LogP contribution is -2.44. The van der Waals surface area contributed by atoms with E-state index < -0.39 is 0 Å². The number of anilines is 1. The third-order valence-corrected chi connectivity index (χ3v) is 4.50. The van der Waals surface area contributed by atoms with Crippen molar-refractivity contribution in [3.8, 4) is 17.1 Å². The molecule has 0 aliphatic carbocycles. The fraction of sp³-hybridized carbons (Fsp3) is 0.300. The topological polar surface area (TPSA) is 70.5 Å². The molecular formula is C20H22N4O2. The third kappa shape index (κ3) is 3.47. The number of rotatable bonds is 5. The van der Waals surface area contributed by atoms with Crippen LogP contribution >= 0.6 is 0 Å². The fourth-order valence-electron chi connectivity index (χ4n) is 3.21. The van der Waals surface area contributed by atoms with Crippen molar-refractivity contribution in [3.05, 3.63) is 48.7 Å². The van der Waals surface area contributed by atoms with Crippen LogP contribution in [0.25, 0.3) is 22.2 Å². The first-order valence-corrected chi connectivity index (χ1v) is 8.91. The number of aliphatic hydroxyl groups excluding tert-OH is 1. The van der Waals surface area contributed by atoms with Crippen LogP contribution in [0.3, 0.4) is 0 Å². The first kappa shape index (κ1) is 16.8. The smallest absolute Gasteiger partial charge is 0.137 e. The second-order valence-corrected chi connectivity index (χ2v) is 6.24. The SMILES string of the molecule is OCCOc1ccc(-c2cc3ccccc3c(N3CCNCC3)n2)nc1. The van der Waals surface area contributed by atoms with E-state index in [0.717, 1.165) is 48.8 Å². The lowest BCUT2D eigenvalue weighted by molar-refractivity contribution is 0.201. The van der Waals surface area contributed by atoms with Gasteiger partial charge in [0.15, 0.2) is 0 Å². The summed E-state index contributed by atoms with van der Waals surface area (Å²) in [6.45, 7) is 4.08. The number of nitrogens with one attached hydrogen (secondary N) is 1. The summed E-state index contributed by atoms with van der Waals surface area (Å²) in [4.78, 5) is 11.8. The first-order chi connectivity index (χ1) is 12.8. The Balaban J connectivity index is 1.73. The molecule has 0 radical (unpaired) electrons. The van der Waals surface area contributed by atoms with Crippen molar-refractivity contribution in [2.24, 2.45) is 0 Å². The van der Waals surface area contributed by atoms with Crippen molar-refractivity contribution in [2.45, 2.75) is 0 Å². The van der Waals surface area contributed by atoms with Gasteiger partial charge in [0.2, 0.25) is 0 Å². The summed E-state index contributed by atoms with van der Waals surface area (Å²) >= 11 is 0. The molecule has 6 heteroatoms. The van der Waals surface area contributed by atoms with Crippen molar-refractivity contribution in [1.29, 1.82) is 0 Å². The van der Waals surface area contributed by atoms with Crippen molar-refractivity contribution < 1.29 is 9.84 Å². The molecule has 3 heterocycles. The Bertz CT molecular complexity index is 877. The molecule has 1 fully saturated rings. The average Bonchev–Trinajstić information content (AvgIpc) is 2.72. The molecule has 1 saturated heterocycles. The van der Waals surface area contributed by atoms with E-state index >= 15 is 0 Å². The molecule has 4 rings (SSSR count). The lowest BCUT2D eigenvalue weighted by atomic mass is 10.1. The molecule has 0 saturated carbocycles. The van der Waals surface area contributed by atoms with Crippen LogP contribution in [0.1, 0.15) is 0 Å². The summed E-state index contributed by atoms with van der Waals surface area (Å²) in [5, 5.41) is 14.6. The maximum atomic E-state index is 8.85. The molecule has 6 nitrogen and oxygen atoms in total. The summed E-state index contributed by atoms with van der Waals surface area (Å²) in [5.74, 6) is 1.66. The molecule has 1 aliphatic rings. The number of pyridine rings is 2. The molecule has 0 atom stereocenters. The molecule has 1 aliphatic heterocycles. The molecule has 0 bridgehead atoms. The summed E-state index contributed by atoms with van der Waals surface area (Å²) in [5.41, 5.74) is 1.66. The van der Waals surface area contributed by atoms with Crippen molar-refractivity contribution in [1.82, 2.24) is 15.3 Å². The highest BCUT2D eigenvalue weighted by molar-refractivity contribution is 5.94. The van der Waals surface area contributed by atoms with E-state index in [4.69, 9.17) is 14.8 Å². The second kappa shape index (κ2) is 7.68. The van der Waals surface area contributed by atoms with Gasteiger partial charge in [-0.3, -0.25) is 4.98 Å². The number of fused-ring (bicyclic) bond motifs is 1. The van der Waals surface area contributed by atoms with Gasteiger partial charge >= 0.3 is 0 Å². The Morgan fingerprint density at radius 2 is 1.92 bits per heavy atom. The maximum Gasteiger partial charge on any atom is 0.137 e. The van der Waals surface area contributed by atoms with E-state index in [1.807, 2.05) is 18.2 Å². The molecular weight excluding hydrogens is 328 g/mol. The largest absolute Gasteiger partial charge is 0.490 e. The highest BCUT2D eigenvalue weighted by atomic mass is 16.5. The van der Waals surface area contributed by atoms with Gasteiger partial charge in [0, 0.05) is 31.6 Å². The number of aromatic nitrogens is 2. The van der Waals surface area contributed by atoms with Crippen LogP contribution in [0.15, 0.2) is 48.7 Å². The fourth-order valence-corrected chi connectivity index (χ4v) is 3.21. The number of benzene rings is 1. The van der Waals surface area contributed by atoms with Crippen molar-refractivity contribution in [2.75, 3.05) is 44.3 Å². The number of aliphatic hydroxyl groups is 1. The van der Waals surface area contributed by atoms with Gasteiger partial charge in [-0.15, -0.1) is 0 Å². The van der Waals surface area contributed by atoms with E-state index in [2.05, 4.69) is 39.5 Å². The van der Waals surface area contributed by atoms with Gasteiger partial charge < -0.3 is 20.1 Å². The van der Waals surface area contributed by atoms with Gasteiger partial charge in [0.25, 0.3) is 0 Å². The standard InChI is InChI=1S/C20H22N4O2/c25-11-12-26-16-5-6-18(22-14-16)19-13-15-3-1-2-4-17(15)20(23-19)24-9-7-21-8-10-24/h1-6,13-14,21,25H,7-12H2. The van der Waals surface area contributed by atoms with Crippen LogP contribution in [-0.2, 0) is 0 Å². The van der Waals surface area contributed by atoms with Crippen molar-refractivity contribution >= 4 is 16.6 Å². The summed E-state index contributed by atoms with van der Waals surface area (Å²) in [6, 6.07) is 14.2. The Kier molecular flexibility index (Phi) is 4.95. The average molecular weight is 350 g/mol. The zero-order chi connectivity index (χ0) is 17.8. The van der Waals surface area contributed by atoms with Crippen LogP contribution in [-0.4, -0.2) is 54.5 Å². The zero-order valence-electron chi connectivity index (χ0n) is 14.6. The van der Waals surface area contributed by atoms with Gasteiger partial charge in [-0.1, -0.05) is 24.3 Å². The third-order valence-electron chi connectivity index (χ3n) is 4.50. The monoisotopic (exact) mass is 350 g/mol. The molecule has 2 aromatic heterocycles. The number of ether oxygens (including phenoxy) is 1. The summed E-state index contributed by atoms with van der Waals surface area (Å²) < 4.78 is 5.39. The Morgan fingerprint density at radius 1 is 1.08 bits per heavy atom. The summed E-state index contributed by atoms with van der Waals surface area (Å²) in [6.07, 6.45) is 1.67. The first-order valence-electron chi connectivity index (χ1n) is 8.91. The number of hydrogen-bond acceptors (Lipinski definition) is 6. The highest BCUT2D eigenvalue weighted by Crippen LogP contribution is 2.30. The van der Waals surface area contributed by atoms with Crippen LogP contribution in [0.2, 0.25) is 0 Å². The quantitative estimate of drug-likeness (QED) is 0.734. The normalized spacial score (nSPS) is 14.6. The van der Waals surface area contributed by atoms with Crippen LogP contribution in [0.4, 0.5) is 5.82 Å². The van der Waals surface area contributed by atoms with Crippen LogP contribution in [0, 0.1) is 0 Å². The lowest BCUT2D eigenvalue weighted by Gasteiger charge is -2.29. The van der Waals surface area contributed by atoms with Gasteiger partial charge in [0.1, 0.15) is 18.2 Å². The predicted octanol–water partition coefficient (Wildman–Crippen LogP) is 2.08. The van der Waals surface area contributed by atoms with Gasteiger partial charge in [-0.2, -0.15) is 0 Å². The van der Waals surface area contributed by atoms with E-state index in [9.17, 15) is 0 Å². The van der Waals surface area contributed by atoms with E-state index in [-0.39, 0.29) is 13.2 Å². The van der Waals surface area contributed by atoms with Crippen LogP contribution in [0.5, 0.6) is 5.75 Å². The van der Waals surface area contributed by atoms with E-state index in [1.54, 1.807) is 6.20 Å². The Labute approximate surface area is 152 Å². The number of nitrogens with zero attached hydrogens (tertiary/aromatic N) is 3. The molecule has 26 heavy (non-hydrogen) atoms. The maximum absolute atomic E-state index is 8.85. The molecule has 0 amide bonds. The Hall–Kier alpha value is -2.70. The Morgan fingerprint density at radius 3 is 2.69 bits per heavy atom. The highest BCUT2D eigenvalue weighted by Gasteiger charge is 2.16. The van der Waals surface area contributed by atoms with Gasteiger partial charge in [0.05, 0.1) is 24.2 Å². The number of hydrogen-bond donors (Lipinski definition) is 2. The van der Waals surface area contributed by atoms with E-state index in [0.29, 0.717) is 5.75 Å². The van der Waals surface area contributed by atoms with Gasteiger partial charge in [-0.25, -0.2) is 4.98 Å². The minimum absolute atomic E-state index is 0.0119. The minimum atomic E-state index is -0.0119. The van der Waals surface area contributed by atoms with E-state index in [1.165, 1.54) is 5.39 Å². The molecule has 0 unspecified atom stereocenters. The predicted molar refractivity (Wildman–Crippen MR) is 103 cm³/mol. The van der Waals surface area contributed by atoms with Crippen molar-refractivity contribution in [3.63, 3.8) is 0 Å². The second-order valence-electron chi connectivity index (χ2n) is 6.24. The van der Waals surface area contributed by atoms with Crippen LogP contribution < -0.4 is 15.0 Å². The zero-order valence-corrected chi connectivity index (χ0v) is 14.6. The molecule has 2 N–H and O–H groups in total. The van der Waals surface area contributed by atoms with Gasteiger partial charge in [-0.05, 0) is 23.6 Å².